The van der Waals surface area contributed by atoms with E-state index < -0.39 is 0 Å². The molecular weight excluding hydrogens is 283 g/mol. The zero-order valence-corrected chi connectivity index (χ0v) is 13.5. The highest BCUT2D eigenvalue weighted by atomic mass is 19.1. The van der Waals surface area contributed by atoms with Crippen molar-refractivity contribution in [1.82, 2.24) is 5.32 Å². The van der Waals surface area contributed by atoms with Crippen molar-refractivity contribution in [1.29, 1.82) is 0 Å². The molecule has 1 fully saturated rings. The number of halogens is 1. The number of ether oxygens (including phenoxy) is 1. The van der Waals surface area contributed by atoms with Crippen molar-refractivity contribution in [2.45, 2.75) is 26.3 Å². The van der Waals surface area contributed by atoms with Crippen molar-refractivity contribution in [3.63, 3.8) is 0 Å². The van der Waals surface area contributed by atoms with E-state index in [1.165, 1.54) is 0 Å². The molecule has 2 atom stereocenters. The average molecular weight is 310 g/mol. The molecule has 0 amide bonds. The van der Waals surface area contributed by atoms with E-state index in [0.29, 0.717) is 24.8 Å². The van der Waals surface area contributed by atoms with E-state index in [-0.39, 0.29) is 18.5 Å². The number of benzene rings is 1. The van der Waals surface area contributed by atoms with Gasteiger partial charge < -0.3 is 20.1 Å². The first kappa shape index (κ1) is 17.2. The van der Waals surface area contributed by atoms with Crippen LogP contribution in [0, 0.1) is 11.7 Å². The largest absolute Gasteiger partial charge is 0.396 e. The SMILES string of the molecule is CC(CCO)CNC(C)c1ccc(N2CCOCC2)c(F)c1. The molecule has 0 radical (unpaired) electrons. The van der Waals surface area contributed by atoms with E-state index in [2.05, 4.69) is 12.2 Å². The van der Waals surface area contributed by atoms with Gasteiger partial charge in [-0.3, -0.25) is 0 Å². The molecule has 2 unspecified atom stereocenters. The summed E-state index contributed by atoms with van der Waals surface area (Å²) in [5, 5.41) is 12.3. The quantitative estimate of drug-likeness (QED) is 0.811. The van der Waals surface area contributed by atoms with Gasteiger partial charge in [-0.25, -0.2) is 4.39 Å². The van der Waals surface area contributed by atoms with Gasteiger partial charge in [-0.05, 0) is 43.5 Å². The molecule has 0 saturated carbocycles. The minimum Gasteiger partial charge on any atom is -0.396 e. The van der Waals surface area contributed by atoms with Crippen molar-refractivity contribution in [2.75, 3.05) is 44.4 Å². The Kier molecular flexibility index (Phi) is 6.61. The maximum absolute atomic E-state index is 14.4. The third kappa shape index (κ3) is 4.66. The van der Waals surface area contributed by atoms with Gasteiger partial charge in [0.15, 0.2) is 0 Å². The van der Waals surface area contributed by atoms with Crippen molar-refractivity contribution < 1.29 is 14.2 Å². The van der Waals surface area contributed by atoms with Gasteiger partial charge in [0.25, 0.3) is 0 Å². The van der Waals surface area contributed by atoms with Crippen molar-refractivity contribution >= 4 is 5.69 Å². The Labute approximate surface area is 132 Å². The number of hydrogen-bond donors (Lipinski definition) is 2. The maximum Gasteiger partial charge on any atom is 0.146 e. The van der Waals surface area contributed by atoms with Crippen LogP contribution in [0.1, 0.15) is 31.9 Å². The summed E-state index contributed by atoms with van der Waals surface area (Å²) in [6.45, 7) is 7.94. The molecule has 1 aliphatic rings. The predicted molar refractivity (Wildman–Crippen MR) is 86.7 cm³/mol. The first-order valence-corrected chi connectivity index (χ1v) is 8.08. The Morgan fingerprint density at radius 2 is 2.05 bits per heavy atom. The highest BCUT2D eigenvalue weighted by molar-refractivity contribution is 5.49. The van der Waals surface area contributed by atoms with Crippen LogP contribution in [0.4, 0.5) is 10.1 Å². The Balaban J connectivity index is 1.95. The third-order valence-electron chi connectivity index (χ3n) is 4.22. The van der Waals surface area contributed by atoms with Crippen LogP contribution in [0.3, 0.4) is 0 Å². The number of nitrogens with one attached hydrogen (secondary N) is 1. The Bertz CT molecular complexity index is 464. The average Bonchev–Trinajstić information content (AvgIpc) is 2.53. The van der Waals surface area contributed by atoms with Crippen LogP contribution in [0.2, 0.25) is 0 Å². The number of nitrogens with zero attached hydrogens (tertiary/aromatic N) is 1. The fraction of sp³-hybridized carbons (Fsp3) is 0.647. The molecule has 0 bridgehead atoms. The summed E-state index contributed by atoms with van der Waals surface area (Å²) in [6.07, 6.45) is 0.782. The molecule has 4 nitrogen and oxygen atoms in total. The second-order valence-electron chi connectivity index (χ2n) is 6.06. The zero-order valence-electron chi connectivity index (χ0n) is 13.5. The van der Waals surface area contributed by atoms with E-state index in [1.54, 1.807) is 6.07 Å². The molecule has 1 aliphatic heterocycles. The molecule has 0 aromatic heterocycles. The van der Waals surface area contributed by atoms with Crippen LogP contribution in [-0.4, -0.2) is 44.6 Å². The first-order valence-electron chi connectivity index (χ1n) is 8.08. The lowest BCUT2D eigenvalue weighted by atomic mass is 10.0. The molecule has 22 heavy (non-hydrogen) atoms. The molecular formula is C17H27FN2O2. The first-order chi connectivity index (χ1) is 10.6. The van der Waals surface area contributed by atoms with E-state index >= 15 is 0 Å². The van der Waals surface area contributed by atoms with Gasteiger partial charge in [0.2, 0.25) is 0 Å². The van der Waals surface area contributed by atoms with E-state index in [9.17, 15) is 4.39 Å². The minimum absolute atomic E-state index is 0.0920. The number of aliphatic hydroxyl groups excluding tert-OH is 1. The molecule has 1 heterocycles. The molecule has 1 aromatic rings. The monoisotopic (exact) mass is 310 g/mol. The summed E-state index contributed by atoms with van der Waals surface area (Å²) in [7, 11) is 0. The second-order valence-corrected chi connectivity index (χ2v) is 6.06. The van der Waals surface area contributed by atoms with Crippen LogP contribution >= 0.6 is 0 Å². The lowest BCUT2D eigenvalue weighted by molar-refractivity contribution is 0.122. The van der Waals surface area contributed by atoms with Gasteiger partial charge in [0.1, 0.15) is 5.82 Å². The predicted octanol–water partition coefficient (Wildman–Crippen LogP) is 2.33. The van der Waals surface area contributed by atoms with E-state index in [1.807, 2.05) is 24.0 Å². The van der Waals surface area contributed by atoms with Crippen LogP contribution in [-0.2, 0) is 4.74 Å². The fourth-order valence-electron chi connectivity index (χ4n) is 2.67. The number of rotatable bonds is 7. The Hall–Kier alpha value is -1.17. The molecule has 5 heteroatoms. The van der Waals surface area contributed by atoms with E-state index in [4.69, 9.17) is 9.84 Å². The second kappa shape index (κ2) is 8.46. The van der Waals surface area contributed by atoms with Crippen LogP contribution in [0.25, 0.3) is 0 Å². The third-order valence-corrected chi connectivity index (χ3v) is 4.22. The molecule has 2 rings (SSSR count). The van der Waals surface area contributed by atoms with Crippen molar-refractivity contribution in [3.05, 3.63) is 29.6 Å². The molecule has 124 valence electrons. The fourth-order valence-corrected chi connectivity index (χ4v) is 2.67. The summed E-state index contributed by atoms with van der Waals surface area (Å²) in [5.74, 6) is 0.237. The Morgan fingerprint density at radius 1 is 1.32 bits per heavy atom. The summed E-state index contributed by atoms with van der Waals surface area (Å²) >= 11 is 0. The lowest BCUT2D eigenvalue weighted by Crippen LogP contribution is -2.36. The van der Waals surface area contributed by atoms with E-state index in [0.717, 1.165) is 31.6 Å². The van der Waals surface area contributed by atoms with Crippen LogP contribution in [0.5, 0.6) is 0 Å². The van der Waals surface area contributed by atoms with Crippen LogP contribution in [0.15, 0.2) is 18.2 Å². The van der Waals surface area contributed by atoms with Gasteiger partial charge >= 0.3 is 0 Å². The maximum atomic E-state index is 14.4. The number of anilines is 1. The number of morpholine rings is 1. The topological polar surface area (TPSA) is 44.7 Å². The molecule has 1 saturated heterocycles. The number of hydrogen-bond acceptors (Lipinski definition) is 4. The van der Waals surface area contributed by atoms with Crippen LogP contribution < -0.4 is 10.2 Å². The smallest absolute Gasteiger partial charge is 0.146 e. The molecule has 0 aliphatic carbocycles. The summed E-state index contributed by atoms with van der Waals surface area (Å²) in [6, 6.07) is 5.57. The zero-order chi connectivity index (χ0) is 15.9. The Morgan fingerprint density at radius 3 is 2.68 bits per heavy atom. The summed E-state index contributed by atoms with van der Waals surface area (Å²) in [4.78, 5) is 2.03. The highest BCUT2D eigenvalue weighted by Gasteiger charge is 2.16. The number of aliphatic hydroxyl groups is 1. The van der Waals surface area contributed by atoms with Crippen molar-refractivity contribution in [2.24, 2.45) is 5.92 Å². The standard InChI is InChI=1S/C17H27FN2O2/c1-13(5-8-21)12-19-14(2)15-3-4-17(16(18)11-15)20-6-9-22-10-7-20/h3-4,11,13-14,19,21H,5-10,12H2,1-2H3. The van der Waals surface area contributed by atoms with Crippen molar-refractivity contribution in [3.8, 4) is 0 Å². The van der Waals surface area contributed by atoms with Gasteiger partial charge in [0, 0.05) is 25.7 Å². The van der Waals surface area contributed by atoms with Gasteiger partial charge in [-0.1, -0.05) is 13.0 Å². The lowest BCUT2D eigenvalue weighted by Gasteiger charge is -2.29. The van der Waals surface area contributed by atoms with Gasteiger partial charge in [-0.15, -0.1) is 0 Å². The molecule has 0 spiro atoms. The minimum atomic E-state index is -0.170. The molecule has 1 aromatic carbocycles. The summed E-state index contributed by atoms with van der Waals surface area (Å²) in [5.41, 5.74) is 1.61. The normalized spacial score (nSPS) is 18.3. The van der Waals surface area contributed by atoms with Gasteiger partial charge in [0.05, 0.1) is 18.9 Å². The van der Waals surface area contributed by atoms with Gasteiger partial charge in [-0.2, -0.15) is 0 Å². The highest BCUT2D eigenvalue weighted by Crippen LogP contribution is 2.24. The summed E-state index contributed by atoms with van der Waals surface area (Å²) < 4.78 is 19.7. The molecule has 2 N–H and O–H groups in total.